The van der Waals surface area contributed by atoms with Crippen molar-refractivity contribution in [2.24, 2.45) is 0 Å². The van der Waals surface area contributed by atoms with Gasteiger partial charge in [0.05, 0.1) is 16.6 Å². The number of thioether (sulfide) groups is 1. The van der Waals surface area contributed by atoms with Crippen molar-refractivity contribution in [1.82, 2.24) is 10.3 Å². The maximum atomic E-state index is 13.1. The zero-order valence-corrected chi connectivity index (χ0v) is 17.3. The van der Waals surface area contributed by atoms with Gasteiger partial charge in [0.1, 0.15) is 5.03 Å². The Balaban J connectivity index is 2.01. The number of aromatic nitrogens is 1. The molecule has 1 N–H and O–H groups in total. The van der Waals surface area contributed by atoms with Gasteiger partial charge in [-0.2, -0.15) is 13.2 Å². The van der Waals surface area contributed by atoms with Crippen LogP contribution in [-0.4, -0.2) is 16.6 Å². The highest BCUT2D eigenvalue weighted by molar-refractivity contribution is 7.99. The fraction of sp³-hybridized carbons (Fsp3) is 0.238. The van der Waals surface area contributed by atoms with Crippen LogP contribution >= 0.6 is 23.4 Å². The maximum absolute atomic E-state index is 13.1. The van der Waals surface area contributed by atoms with Gasteiger partial charge < -0.3 is 5.32 Å². The molecule has 1 amide bonds. The average molecular weight is 439 g/mol. The van der Waals surface area contributed by atoms with Crippen LogP contribution in [0.4, 0.5) is 13.2 Å². The quantitative estimate of drug-likeness (QED) is 0.478. The molecule has 0 aliphatic heterocycles. The van der Waals surface area contributed by atoms with Crippen LogP contribution in [0.15, 0.2) is 47.5 Å². The number of benzene rings is 2. The summed E-state index contributed by atoms with van der Waals surface area (Å²) in [4.78, 5) is 17.3. The third-order valence-electron chi connectivity index (χ3n) is 4.45. The molecule has 3 aromatic rings. The Labute approximate surface area is 175 Å². The normalized spacial score (nSPS) is 11.7. The fourth-order valence-corrected chi connectivity index (χ4v) is 4.02. The molecule has 0 radical (unpaired) electrons. The smallest absolute Gasteiger partial charge is 0.348 e. The number of alkyl halides is 3. The summed E-state index contributed by atoms with van der Waals surface area (Å²) < 4.78 is 39.2. The van der Waals surface area contributed by atoms with E-state index < -0.39 is 11.7 Å². The first-order valence-electron chi connectivity index (χ1n) is 8.88. The lowest BCUT2D eigenvalue weighted by Gasteiger charge is -2.15. The highest BCUT2D eigenvalue weighted by Crippen LogP contribution is 2.34. The molecule has 0 saturated heterocycles. The van der Waals surface area contributed by atoms with Gasteiger partial charge in [-0.1, -0.05) is 42.8 Å². The largest absolute Gasteiger partial charge is 0.416 e. The van der Waals surface area contributed by atoms with Crippen molar-refractivity contribution in [3.8, 4) is 0 Å². The Morgan fingerprint density at radius 1 is 1.21 bits per heavy atom. The Kier molecular flexibility index (Phi) is 6.39. The van der Waals surface area contributed by atoms with Crippen LogP contribution in [-0.2, 0) is 12.7 Å². The number of fused-ring (bicyclic) bond motifs is 1. The fourth-order valence-electron chi connectivity index (χ4n) is 2.99. The third kappa shape index (κ3) is 4.67. The highest BCUT2D eigenvalue weighted by Gasteiger charge is 2.31. The van der Waals surface area contributed by atoms with Crippen molar-refractivity contribution in [2.75, 3.05) is 5.75 Å². The predicted molar refractivity (Wildman–Crippen MR) is 111 cm³/mol. The van der Waals surface area contributed by atoms with Crippen LogP contribution in [0, 0.1) is 6.92 Å². The van der Waals surface area contributed by atoms with Crippen LogP contribution in [0.3, 0.4) is 0 Å². The second-order valence-electron chi connectivity index (χ2n) is 6.35. The zero-order chi connectivity index (χ0) is 21.2. The minimum atomic E-state index is -4.45. The van der Waals surface area contributed by atoms with Crippen molar-refractivity contribution in [3.05, 3.63) is 69.7 Å². The molecule has 0 spiro atoms. The molecular formula is C21H18ClF3N2OS. The molecule has 3 rings (SSSR count). The summed E-state index contributed by atoms with van der Waals surface area (Å²) in [5, 5.41) is 4.31. The van der Waals surface area contributed by atoms with Gasteiger partial charge in [-0.15, -0.1) is 11.8 Å². The van der Waals surface area contributed by atoms with Gasteiger partial charge in [0.15, 0.2) is 0 Å². The van der Waals surface area contributed by atoms with Crippen molar-refractivity contribution in [2.45, 2.75) is 31.6 Å². The summed E-state index contributed by atoms with van der Waals surface area (Å²) in [6.07, 6.45) is -4.45. The van der Waals surface area contributed by atoms with E-state index in [4.69, 9.17) is 11.6 Å². The lowest BCUT2D eigenvalue weighted by atomic mass is 10.0. The Bertz CT molecular complexity index is 1070. The van der Waals surface area contributed by atoms with Gasteiger partial charge in [-0.05, 0) is 42.0 Å². The number of halogens is 4. The molecule has 0 saturated carbocycles. The number of carbonyl (C=O) groups is 1. The monoisotopic (exact) mass is 438 g/mol. The summed E-state index contributed by atoms with van der Waals surface area (Å²) in [6.45, 7) is 3.85. The molecular weight excluding hydrogens is 421 g/mol. The van der Waals surface area contributed by atoms with Crippen LogP contribution in [0.2, 0.25) is 5.02 Å². The van der Waals surface area contributed by atoms with Crippen molar-refractivity contribution >= 4 is 40.2 Å². The molecule has 152 valence electrons. The highest BCUT2D eigenvalue weighted by atomic mass is 35.5. The molecule has 1 aromatic heterocycles. The number of amides is 1. The number of hydrogen-bond acceptors (Lipinski definition) is 3. The topological polar surface area (TPSA) is 42.0 Å². The molecule has 0 aliphatic carbocycles. The number of nitrogens with one attached hydrogen (secondary N) is 1. The predicted octanol–water partition coefficient (Wildman–Crippen LogP) is 6.26. The van der Waals surface area contributed by atoms with E-state index in [0.29, 0.717) is 32.3 Å². The van der Waals surface area contributed by atoms with Gasteiger partial charge >= 0.3 is 6.18 Å². The number of rotatable bonds is 5. The van der Waals surface area contributed by atoms with Gasteiger partial charge in [0, 0.05) is 17.0 Å². The van der Waals surface area contributed by atoms with Crippen LogP contribution in [0.5, 0.6) is 0 Å². The van der Waals surface area contributed by atoms with Crippen LogP contribution in [0.1, 0.15) is 34.0 Å². The molecule has 0 unspecified atom stereocenters. The number of hydrogen-bond donors (Lipinski definition) is 1. The molecule has 29 heavy (non-hydrogen) atoms. The molecule has 1 heterocycles. The van der Waals surface area contributed by atoms with E-state index in [0.717, 1.165) is 17.7 Å². The standard InChI is InChI=1S/C21H18ClF3N2OS/c1-3-29-20-18(19(28)26-11-13-6-4-5-7-16(13)22)12(2)15-9-8-14(21(23,24)25)10-17(15)27-20/h4-10H,3,11H2,1-2H3,(H,26,28). The third-order valence-corrected chi connectivity index (χ3v) is 5.67. The number of aryl methyl sites for hydroxylation is 1. The number of nitrogens with zero attached hydrogens (tertiary/aromatic N) is 1. The summed E-state index contributed by atoms with van der Waals surface area (Å²) in [5.74, 6) is 0.287. The van der Waals surface area contributed by atoms with Gasteiger partial charge in [0.25, 0.3) is 5.91 Å². The first-order chi connectivity index (χ1) is 13.7. The molecule has 0 aliphatic rings. The lowest BCUT2D eigenvalue weighted by Crippen LogP contribution is -2.25. The van der Waals surface area contributed by atoms with E-state index in [1.165, 1.54) is 17.8 Å². The molecule has 0 bridgehead atoms. The molecule has 3 nitrogen and oxygen atoms in total. The first kappa shape index (κ1) is 21.5. The van der Waals surface area contributed by atoms with E-state index in [-0.39, 0.29) is 18.0 Å². The van der Waals surface area contributed by atoms with E-state index in [2.05, 4.69) is 10.3 Å². The Morgan fingerprint density at radius 2 is 1.93 bits per heavy atom. The first-order valence-corrected chi connectivity index (χ1v) is 10.2. The van der Waals surface area contributed by atoms with Crippen molar-refractivity contribution in [3.63, 3.8) is 0 Å². The Morgan fingerprint density at radius 3 is 2.59 bits per heavy atom. The van der Waals surface area contributed by atoms with Gasteiger partial charge in [-0.25, -0.2) is 4.98 Å². The summed E-state index contributed by atoms with van der Waals surface area (Å²) in [5.41, 5.74) is 1.19. The van der Waals surface area contributed by atoms with E-state index in [9.17, 15) is 18.0 Å². The summed E-state index contributed by atoms with van der Waals surface area (Å²) in [7, 11) is 0. The number of carbonyl (C=O) groups excluding carboxylic acids is 1. The average Bonchev–Trinajstić information content (AvgIpc) is 2.66. The minimum Gasteiger partial charge on any atom is -0.348 e. The van der Waals surface area contributed by atoms with E-state index >= 15 is 0 Å². The Hall–Kier alpha value is -2.25. The lowest BCUT2D eigenvalue weighted by molar-refractivity contribution is -0.137. The number of pyridine rings is 1. The van der Waals surface area contributed by atoms with Crippen molar-refractivity contribution in [1.29, 1.82) is 0 Å². The summed E-state index contributed by atoms with van der Waals surface area (Å²) in [6, 6.07) is 10.6. The second-order valence-corrected chi connectivity index (χ2v) is 8.01. The SMILES string of the molecule is CCSc1nc2cc(C(F)(F)F)ccc2c(C)c1C(=O)NCc1ccccc1Cl. The zero-order valence-electron chi connectivity index (χ0n) is 15.7. The maximum Gasteiger partial charge on any atom is 0.416 e. The molecule has 2 aromatic carbocycles. The van der Waals surface area contributed by atoms with Crippen LogP contribution in [0.25, 0.3) is 10.9 Å². The molecule has 8 heteroatoms. The molecule has 0 atom stereocenters. The van der Waals surface area contributed by atoms with Gasteiger partial charge in [0.2, 0.25) is 0 Å². The van der Waals surface area contributed by atoms with E-state index in [1.807, 2.05) is 19.1 Å². The minimum absolute atomic E-state index is 0.218. The second kappa shape index (κ2) is 8.63. The van der Waals surface area contributed by atoms with Crippen molar-refractivity contribution < 1.29 is 18.0 Å². The van der Waals surface area contributed by atoms with E-state index in [1.54, 1.807) is 19.1 Å². The summed E-state index contributed by atoms with van der Waals surface area (Å²) >= 11 is 7.45. The van der Waals surface area contributed by atoms with Gasteiger partial charge in [-0.3, -0.25) is 4.79 Å². The molecule has 0 fully saturated rings. The van der Waals surface area contributed by atoms with Crippen LogP contribution < -0.4 is 5.32 Å².